The van der Waals surface area contributed by atoms with Crippen LogP contribution < -0.4 is 0 Å². The fourth-order valence-corrected chi connectivity index (χ4v) is 1.70. The van der Waals surface area contributed by atoms with E-state index in [1.165, 1.54) is 6.92 Å². The third-order valence-electron chi connectivity index (χ3n) is 1.63. The molecule has 0 aromatic carbocycles. The molecule has 2 atom stereocenters. The Kier molecular flexibility index (Phi) is 5.80. The van der Waals surface area contributed by atoms with Gasteiger partial charge in [0.1, 0.15) is 0 Å². The van der Waals surface area contributed by atoms with Gasteiger partial charge in [0.2, 0.25) is 0 Å². The second-order valence-corrected chi connectivity index (χ2v) is 5.05. The van der Waals surface area contributed by atoms with Gasteiger partial charge in [0, 0.05) is 5.57 Å². The van der Waals surface area contributed by atoms with E-state index >= 15 is 0 Å². The van der Waals surface area contributed by atoms with Crippen LogP contribution in [0.15, 0.2) is 12.2 Å². The van der Waals surface area contributed by atoms with Crippen molar-refractivity contribution in [2.24, 2.45) is 0 Å². The third-order valence-corrected chi connectivity index (χ3v) is 2.77. The van der Waals surface area contributed by atoms with Gasteiger partial charge in [0.15, 0.2) is 6.35 Å². The number of esters is 1. The van der Waals surface area contributed by atoms with Gasteiger partial charge in [-0.15, -0.1) is 0 Å². The summed E-state index contributed by atoms with van der Waals surface area (Å²) in [6.45, 7) is 8.30. The number of ether oxygens (including phenoxy) is 1. The Balaban J connectivity index is 4.10. The minimum Gasteiger partial charge on any atom is -0.449 e. The topological polar surface area (TPSA) is 72.8 Å². The highest BCUT2D eigenvalue weighted by Crippen LogP contribution is 2.43. The summed E-state index contributed by atoms with van der Waals surface area (Å²) in [7, 11) is -3.84. The molecule has 0 bridgehead atoms. The molecule has 5 nitrogen and oxygen atoms in total. The first kappa shape index (κ1) is 14.4. The zero-order valence-electron chi connectivity index (χ0n) is 9.23. The van der Waals surface area contributed by atoms with Crippen molar-refractivity contribution in [2.75, 3.05) is 6.35 Å². The minimum atomic E-state index is -3.84. The molecule has 0 spiro atoms. The normalized spacial score (nSPS) is 16.5. The maximum atomic E-state index is 11.3. The average molecular weight is 236 g/mol. The monoisotopic (exact) mass is 236 g/mol. The molecular formula is C9H17O5P. The second-order valence-electron chi connectivity index (χ2n) is 3.30. The molecule has 0 saturated heterocycles. The van der Waals surface area contributed by atoms with Gasteiger partial charge in [-0.3, -0.25) is 4.57 Å². The third kappa shape index (κ3) is 6.44. The number of rotatable bonds is 6. The van der Waals surface area contributed by atoms with Crippen LogP contribution in [0.3, 0.4) is 0 Å². The summed E-state index contributed by atoms with van der Waals surface area (Å²) in [5, 5.41) is 0. The highest BCUT2D eigenvalue weighted by atomic mass is 31.2. The molecule has 0 rings (SSSR count). The summed E-state index contributed by atoms with van der Waals surface area (Å²) in [5.74, 6) is -0.697. The Hall–Kier alpha value is -0.640. The molecule has 88 valence electrons. The summed E-state index contributed by atoms with van der Waals surface area (Å²) >= 11 is 0. The van der Waals surface area contributed by atoms with Crippen molar-refractivity contribution in [3.63, 3.8) is 0 Å². The van der Waals surface area contributed by atoms with Crippen molar-refractivity contribution in [2.45, 2.75) is 33.3 Å². The molecule has 0 aromatic heterocycles. The van der Waals surface area contributed by atoms with Crippen molar-refractivity contribution < 1.29 is 23.5 Å². The lowest BCUT2D eigenvalue weighted by Gasteiger charge is -2.16. The van der Waals surface area contributed by atoms with Crippen molar-refractivity contribution in [3.05, 3.63) is 12.2 Å². The lowest BCUT2D eigenvalue weighted by Crippen LogP contribution is -2.11. The average Bonchev–Trinajstić information content (AvgIpc) is 2.13. The molecule has 2 unspecified atom stereocenters. The maximum absolute atomic E-state index is 11.3. The van der Waals surface area contributed by atoms with Crippen LogP contribution >= 0.6 is 7.60 Å². The molecule has 0 fully saturated rings. The Morgan fingerprint density at radius 3 is 2.53 bits per heavy atom. The molecule has 0 aliphatic heterocycles. The molecule has 15 heavy (non-hydrogen) atoms. The largest absolute Gasteiger partial charge is 0.449 e. The summed E-state index contributed by atoms with van der Waals surface area (Å²) in [4.78, 5) is 20.2. The van der Waals surface area contributed by atoms with E-state index in [0.717, 1.165) is 0 Å². The van der Waals surface area contributed by atoms with Gasteiger partial charge < -0.3 is 14.2 Å². The van der Waals surface area contributed by atoms with Crippen molar-refractivity contribution in [1.29, 1.82) is 0 Å². The number of carbonyl (C=O) groups is 1. The van der Waals surface area contributed by atoms with Crippen LogP contribution in [0, 0.1) is 0 Å². The van der Waals surface area contributed by atoms with Crippen LogP contribution in [0.2, 0.25) is 0 Å². The molecule has 0 aliphatic rings. The lowest BCUT2D eigenvalue weighted by molar-refractivity contribution is -0.137. The predicted molar refractivity (Wildman–Crippen MR) is 56.4 cm³/mol. The molecule has 0 amide bonds. The maximum Gasteiger partial charge on any atom is 0.365 e. The van der Waals surface area contributed by atoms with E-state index in [1.54, 1.807) is 6.92 Å². The number of hydrogen-bond acceptors (Lipinski definition) is 4. The first-order valence-corrected chi connectivity index (χ1v) is 6.37. The SMILES string of the molecule is C=C(C)C(=O)OCP(=O)(O)OC(C)CC. The summed E-state index contributed by atoms with van der Waals surface area (Å²) in [6.07, 6.45) is -0.369. The minimum absolute atomic E-state index is 0.179. The van der Waals surface area contributed by atoms with Crippen molar-refractivity contribution >= 4 is 13.6 Å². The Morgan fingerprint density at radius 2 is 2.13 bits per heavy atom. The van der Waals surface area contributed by atoms with Crippen LogP contribution in [-0.2, 0) is 18.6 Å². The van der Waals surface area contributed by atoms with Gasteiger partial charge in [-0.05, 0) is 20.3 Å². The van der Waals surface area contributed by atoms with Crippen LogP contribution in [0.25, 0.3) is 0 Å². The van der Waals surface area contributed by atoms with E-state index in [1.807, 2.05) is 6.92 Å². The smallest absolute Gasteiger partial charge is 0.365 e. The highest BCUT2D eigenvalue weighted by molar-refractivity contribution is 7.52. The fourth-order valence-electron chi connectivity index (χ4n) is 0.650. The fraction of sp³-hybridized carbons (Fsp3) is 0.667. The van der Waals surface area contributed by atoms with Crippen LogP contribution in [0.5, 0.6) is 0 Å². The van der Waals surface area contributed by atoms with Gasteiger partial charge >= 0.3 is 13.6 Å². The van der Waals surface area contributed by atoms with E-state index in [2.05, 4.69) is 11.3 Å². The number of hydrogen-bond donors (Lipinski definition) is 1. The first-order valence-electron chi connectivity index (χ1n) is 4.61. The summed E-state index contributed by atoms with van der Waals surface area (Å²) < 4.78 is 20.7. The van der Waals surface area contributed by atoms with Gasteiger partial charge in [-0.25, -0.2) is 4.79 Å². The van der Waals surface area contributed by atoms with Gasteiger partial charge in [0.25, 0.3) is 0 Å². The van der Waals surface area contributed by atoms with E-state index in [9.17, 15) is 14.3 Å². The molecule has 0 aliphatic carbocycles. The van der Waals surface area contributed by atoms with E-state index in [-0.39, 0.29) is 11.7 Å². The molecule has 6 heteroatoms. The molecule has 0 aromatic rings. The quantitative estimate of drug-likeness (QED) is 0.434. The van der Waals surface area contributed by atoms with Crippen LogP contribution in [0.4, 0.5) is 0 Å². The summed E-state index contributed by atoms with van der Waals surface area (Å²) in [5.41, 5.74) is 0.179. The molecule has 0 heterocycles. The number of carbonyl (C=O) groups excluding carboxylic acids is 1. The Labute approximate surface area is 89.6 Å². The predicted octanol–water partition coefficient (Wildman–Crippen LogP) is 2.06. The lowest BCUT2D eigenvalue weighted by atomic mass is 10.3. The first-order chi connectivity index (χ1) is 6.78. The van der Waals surface area contributed by atoms with E-state index in [0.29, 0.717) is 6.42 Å². The molecular weight excluding hydrogens is 219 g/mol. The van der Waals surface area contributed by atoms with Gasteiger partial charge in [0.05, 0.1) is 6.10 Å². The van der Waals surface area contributed by atoms with E-state index in [4.69, 9.17) is 4.52 Å². The molecule has 0 saturated carbocycles. The van der Waals surface area contributed by atoms with Crippen molar-refractivity contribution in [1.82, 2.24) is 0 Å². The Morgan fingerprint density at radius 1 is 1.60 bits per heavy atom. The zero-order chi connectivity index (χ0) is 12.1. The molecule has 1 N–H and O–H groups in total. The van der Waals surface area contributed by atoms with E-state index < -0.39 is 19.9 Å². The summed E-state index contributed by atoms with van der Waals surface area (Å²) in [6, 6.07) is 0. The molecule has 0 radical (unpaired) electrons. The second kappa shape index (κ2) is 6.05. The van der Waals surface area contributed by atoms with Gasteiger partial charge in [-0.1, -0.05) is 13.5 Å². The van der Waals surface area contributed by atoms with Crippen LogP contribution in [-0.4, -0.2) is 23.3 Å². The van der Waals surface area contributed by atoms with Crippen LogP contribution in [0.1, 0.15) is 27.2 Å². The zero-order valence-corrected chi connectivity index (χ0v) is 10.1. The van der Waals surface area contributed by atoms with Gasteiger partial charge in [-0.2, -0.15) is 0 Å². The Bertz CT molecular complexity index is 286. The van der Waals surface area contributed by atoms with Crippen molar-refractivity contribution in [3.8, 4) is 0 Å². The standard InChI is InChI=1S/C9H17O5P/c1-5-8(4)14-15(11,12)6-13-9(10)7(2)3/h8H,2,5-6H2,1,3-4H3,(H,11,12). The highest BCUT2D eigenvalue weighted by Gasteiger charge is 2.24.